The van der Waals surface area contributed by atoms with Crippen LogP contribution in [0.3, 0.4) is 0 Å². The second kappa shape index (κ2) is 6.11. The fourth-order valence-corrected chi connectivity index (χ4v) is 2.76. The molecule has 0 aromatic rings. The summed E-state index contributed by atoms with van der Waals surface area (Å²) < 4.78 is 5.12. The van der Waals surface area contributed by atoms with E-state index in [1.807, 2.05) is 0 Å². The third-order valence-corrected chi connectivity index (χ3v) is 3.49. The minimum atomic E-state index is -0.646. The van der Waals surface area contributed by atoms with Crippen LogP contribution in [0, 0.1) is 17.8 Å². The lowest BCUT2D eigenvalue weighted by Gasteiger charge is -2.33. The highest BCUT2D eigenvalue weighted by Gasteiger charge is 2.34. The maximum absolute atomic E-state index is 11.0. The molecule has 0 heterocycles. The zero-order chi connectivity index (χ0) is 11.3. The zero-order valence-corrected chi connectivity index (χ0v) is 9.74. The molecule has 1 rings (SSSR count). The second-order valence-corrected chi connectivity index (χ2v) is 4.63. The standard InChI is InChI=1S/C12H22O3/c1-3-4-9-5-6-11(12(13)14)10(7-9)8-15-2/h9-11H,3-8H2,1-2H3,(H,13,14). The van der Waals surface area contributed by atoms with Gasteiger partial charge in [0.05, 0.1) is 5.92 Å². The molecule has 0 aromatic heterocycles. The fourth-order valence-electron chi connectivity index (χ4n) is 2.76. The Balaban J connectivity index is 2.52. The first kappa shape index (κ1) is 12.5. The van der Waals surface area contributed by atoms with Crippen molar-refractivity contribution in [3.8, 4) is 0 Å². The van der Waals surface area contributed by atoms with Crippen molar-refractivity contribution in [3.63, 3.8) is 0 Å². The molecule has 1 saturated carbocycles. The van der Waals surface area contributed by atoms with Gasteiger partial charge in [-0.25, -0.2) is 0 Å². The molecule has 0 amide bonds. The molecule has 0 bridgehead atoms. The summed E-state index contributed by atoms with van der Waals surface area (Å²) in [7, 11) is 1.66. The number of hydrogen-bond acceptors (Lipinski definition) is 2. The predicted octanol–water partition coefficient (Wildman–Crippen LogP) is 2.55. The maximum Gasteiger partial charge on any atom is 0.306 e. The largest absolute Gasteiger partial charge is 0.481 e. The Morgan fingerprint density at radius 3 is 2.73 bits per heavy atom. The maximum atomic E-state index is 11.0. The molecule has 3 atom stereocenters. The SMILES string of the molecule is CCCC1CCC(C(=O)O)C(COC)C1. The Labute approximate surface area is 91.8 Å². The second-order valence-electron chi connectivity index (χ2n) is 4.63. The van der Waals surface area contributed by atoms with Crippen LogP contribution in [0.25, 0.3) is 0 Å². The highest BCUT2D eigenvalue weighted by molar-refractivity contribution is 5.70. The molecule has 15 heavy (non-hydrogen) atoms. The molecule has 0 radical (unpaired) electrons. The molecule has 1 fully saturated rings. The lowest BCUT2D eigenvalue weighted by atomic mass is 9.73. The van der Waals surface area contributed by atoms with Gasteiger partial charge in [0.2, 0.25) is 0 Å². The van der Waals surface area contributed by atoms with Gasteiger partial charge in [-0.2, -0.15) is 0 Å². The summed E-state index contributed by atoms with van der Waals surface area (Å²) >= 11 is 0. The number of hydrogen-bond donors (Lipinski definition) is 1. The van der Waals surface area contributed by atoms with Crippen molar-refractivity contribution < 1.29 is 14.6 Å². The highest BCUT2D eigenvalue weighted by atomic mass is 16.5. The Hall–Kier alpha value is -0.570. The molecular weight excluding hydrogens is 192 g/mol. The van der Waals surface area contributed by atoms with Crippen LogP contribution >= 0.6 is 0 Å². The van der Waals surface area contributed by atoms with Crippen LogP contribution in [-0.2, 0) is 9.53 Å². The molecule has 1 aliphatic rings. The van der Waals surface area contributed by atoms with E-state index in [1.165, 1.54) is 12.8 Å². The average molecular weight is 214 g/mol. The minimum Gasteiger partial charge on any atom is -0.481 e. The summed E-state index contributed by atoms with van der Waals surface area (Å²) in [6.45, 7) is 2.78. The zero-order valence-electron chi connectivity index (χ0n) is 9.74. The molecular formula is C12H22O3. The summed E-state index contributed by atoms with van der Waals surface area (Å²) in [6, 6.07) is 0. The van der Waals surface area contributed by atoms with Crippen molar-refractivity contribution in [2.75, 3.05) is 13.7 Å². The molecule has 1 N–H and O–H groups in total. The number of carboxylic acid groups (broad SMARTS) is 1. The molecule has 3 nitrogen and oxygen atoms in total. The van der Waals surface area contributed by atoms with E-state index in [0.29, 0.717) is 12.5 Å². The first-order chi connectivity index (χ1) is 7.19. The van der Waals surface area contributed by atoms with Crippen molar-refractivity contribution in [2.45, 2.75) is 39.0 Å². The van der Waals surface area contributed by atoms with Crippen molar-refractivity contribution in [1.82, 2.24) is 0 Å². The van der Waals surface area contributed by atoms with Crippen LogP contribution in [0.15, 0.2) is 0 Å². The Morgan fingerprint density at radius 2 is 2.20 bits per heavy atom. The highest BCUT2D eigenvalue weighted by Crippen LogP contribution is 2.36. The van der Waals surface area contributed by atoms with E-state index in [4.69, 9.17) is 9.84 Å². The van der Waals surface area contributed by atoms with Crippen LogP contribution in [0.2, 0.25) is 0 Å². The van der Waals surface area contributed by atoms with Crippen LogP contribution < -0.4 is 0 Å². The molecule has 0 spiro atoms. The summed E-state index contributed by atoms with van der Waals surface area (Å²) in [5.74, 6) is 0.105. The van der Waals surface area contributed by atoms with E-state index in [2.05, 4.69) is 6.92 Å². The minimum absolute atomic E-state index is 0.182. The van der Waals surface area contributed by atoms with Crippen LogP contribution in [0.1, 0.15) is 39.0 Å². The van der Waals surface area contributed by atoms with Crippen molar-refractivity contribution >= 4 is 5.97 Å². The molecule has 0 aliphatic heterocycles. The third kappa shape index (κ3) is 3.49. The summed E-state index contributed by atoms with van der Waals surface area (Å²) in [6.07, 6.45) is 5.35. The van der Waals surface area contributed by atoms with Crippen LogP contribution in [0.4, 0.5) is 0 Å². The predicted molar refractivity (Wildman–Crippen MR) is 58.7 cm³/mol. The van der Waals surface area contributed by atoms with E-state index in [0.717, 1.165) is 19.3 Å². The van der Waals surface area contributed by atoms with E-state index in [9.17, 15) is 4.79 Å². The number of aliphatic carboxylic acids is 1. The van der Waals surface area contributed by atoms with Gasteiger partial charge in [0, 0.05) is 13.7 Å². The van der Waals surface area contributed by atoms with Gasteiger partial charge in [-0.3, -0.25) is 4.79 Å². The van der Waals surface area contributed by atoms with E-state index < -0.39 is 5.97 Å². The first-order valence-electron chi connectivity index (χ1n) is 5.90. The van der Waals surface area contributed by atoms with Gasteiger partial charge in [-0.1, -0.05) is 19.8 Å². The molecule has 3 unspecified atom stereocenters. The third-order valence-electron chi connectivity index (χ3n) is 3.49. The molecule has 1 aliphatic carbocycles. The lowest BCUT2D eigenvalue weighted by molar-refractivity contribution is -0.146. The number of methoxy groups -OCH3 is 1. The van der Waals surface area contributed by atoms with Crippen molar-refractivity contribution in [3.05, 3.63) is 0 Å². The Bertz CT molecular complexity index is 203. The molecule has 0 aromatic carbocycles. The van der Waals surface area contributed by atoms with Gasteiger partial charge in [-0.05, 0) is 31.1 Å². The lowest BCUT2D eigenvalue weighted by Crippen LogP contribution is -2.33. The number of ether oxygens (including phenoxy) is 1. The Kier molecular flexibility index (Phi) is 5.09. The van der Waals surface area contributed by atoms with Gasteiger partial charge < -0.3 is 9.84 Å². The topological polar surface area (TPSA) is 46.5 Å². The van der Waals surface area contributed by atoms with Gasteiger partial charge >= 0.3 is 5.97 Å². The van der Waals surface area contributed by atoms with Crippen molar-refractivity contribution in [1.29, 1.82) is 0 Å². The van der Waals surface area contributed by atoms with Gasteiger partial charge in [0.25, 0.3) is 0 Å². The van der Waals surface area contributed by atoms with E-state index in [1.54, 1.807) is 7.11 Å². The molecule has 88 valence electrons. The normalized spacial score (nSPS) is 31.5. The average Bonchev–Trinajstić information content (AvgIpc) is 2.18. The van der Waals surface area contributed by atoms with E-state index in [-0.39, 0.29) is 11.8 Å². The number of rotatable bonds is 5. The summed E-state index contributed by atoms with van der Waals surface area (Å²) in [5, 5.41) is 9.10. The van der Waals surface area contributed by atoms with Crippen LogP contribution in [-0.4, -0.2) is 24.8 Å². The fraction of sp³-hybridized carbons (Fsp3) is 0.917. The number of carboxylic acids is 1. The first-order valence-corrected chi connectivity index (χ1v) is 5.90. The summed E-state index contributed by atoms with van der Waals surface area (Å²) in [4.78, 5) is 11.0. The van der Waals surface area contributed by atoms with Gasteiger partial charge in [0.1, 0.15) is 0 Å². The van der Waals surface area contributed by atoms with Crippen molar-refractivity contribution in [2.24, 2.45) is 17.8 Å². The monoisotopic (exact) mass is 214 g/mol. The molecule has 3 heteroatoms. The summed E-state index contributed by atoms with van der Waals surface area (Å²) in [5.41, 5.74) is 0. The van der Waals surface area contributed by atoms with Gasteiger partial charge in [-0.15, -0.1) is 0 Å². The number of carbonyl (C=O) groups is 1. The van der Waals surface area contributed by atoms with Crippen LogP contribution in [0.5, 0.6) is 0 Å². The molecule has 0 saturated heterocycles. The van der Waals surface area contributed by atoms with Gasteiger partial charge in [0.15, 0.2) is 0 Å². The smallest absolute Gasteiger partial charge is 0.306 e. The quantitative estimate of drug-likeness (QED) is 0.765. The Morgan fingerprint density at radius 1 is 1.47 bits per heavy atom. The van der Waals surface area contributed by atoms with E-state index >= 15 is 0 Å².